The topological polar surface area (TPSA) is 137 Å². The first kappa shape index (κ1) is 80.3. The van der Waals surface area contributed by atoms with Gasteiger partial charge in [0.25, 0.3) is 0 Å². The predicted octanol–water partition coefficient (Wildman–Crippen LogP) is 13.3. The lowest BCUT2D eigenvalue weighted by molar-refractivity contribution is -0.475. The van der Waals surface area contributed by atoms with Crippen molar-refractivity contribution in [3.8, 4) is 0 Å². The zero-order chi connectivity index (χ0) is 68.2. The lowest BCUT2D eigenvalue weighted by atomic mass is 9.85. The zero-order valence-electron chi connectivity index (χ0n) is 37.4. The molecule has 3 N–H and O–H groups in total. The van der Waals surface area contributed by atoms with E-state index in [1.54, 1.807) is 0 Å². The number of alkyl halides is 42. The van der Waals surface area contributed by atoms with Crippen molar-refractivity contribution < 1.29 is 220 Å². The number of rotatable bonds is 30. The van der Waals surface area contributed by atoms with Crippen LogP contribution in [0.15, 0.2) is 0 Å². The van der Waals surface area contributed by atoms with Gasteiger partial charge in [-0.25, -0.2) is 13.0 Å². The van der Waals surface area contributed by atoms with Crippen LogP contribution in [-0.4, -0.2) is 188 Å². The molecule has 0 saturated carbocycles. The summed E-state index contributed by atoms with van der Waals surface area (Å²) in [4.78, 5) is 9.88. The summed E-state index contributed by atoms with van der Waals surface area (Å²) in [6.45, 7) is -11.0. The largest absolute Gasteiger partial charge is 0.473 e. The fourth-order valence-electron chi connectivity index (χ4n) is 5.30. The summed E-state index contributed by atoms with van der Waals surface area (Å²) in [7, 11) is -8.91. The molecule has 0 aromatic heterocycles. The molecule has 55 heteroatoms. The molecule has 4 atom stereocenters. The van der Waals surface area contributed by atoms with Crippen molar-refractivity contribution in [1.82, 2.24) is 8.61 Å². The molecule has 0 aliphatic carbocycles. The van der Waals surface area contributed by atoms with Gasteiger partial charge in [0, 0.05) is 26.2 Å². The predicted molar refractivity (Wildman–Crippen MR) is 177 cm³/mol. The number of likely N-dealkylation sites (N-methyl/N-ethyl adjacent to an activating group) is 2. The molecule has 0 aromatic rings. The second-order valence-electron chi connectivity index (χ2n) is 15.5. The summed E-state index contributed by atoms with van der Waals surface area (Å²) < 4.78 is 647. The number of phosphoric ester groups is 1. The van der Waals surface area contributed by atoms with Gasteiger partial charge in [-0.3, -0.25) is 18.2 Å². The van der Waals surface area contributed by atoms with Crippen LogP contribution in [0.4, 0.5) is 184 Å². The summed E-state index contributed by atoms with van der Waals surface area (Å²) in [6, 6.07) is 0. The van der Waals surface area contributed by atoms with Gasteiger partial charge >= 0.3 is 127 Å². The normalized spacial score (nSPS) is 18.6. The van der Waals surface area contributed by atoms with Gasteiger partial charge in [0.2, 0.25) is 22.5 Å². The quantitative estimate of drug-likeness (QED) is 0.0367. The second kappa shape index (κ2) is 22.4. The first-order valence-electron chi connectivity index (χ1n) is 18.8. The lowest BCUT2D eigenvalue weighted by Gasteiger charge is -2.45. The van der Waals surface area contributed by atoms with Crippen LogP contribution >= 0.6 is 7.82 Å². The second-order valence-corrected chi connectivity index (χ2v) is 18.8. The third kappa shape index (κ3) is 11.7. The van der Waals surface area contributed by atoms with Gasteiger partial charge in [0.05, 0.1) is 0 Å². The summed E-state index contributed by atoms with van der Waals surface area (Å²) in [5, 5.41) is 0. The maximum absolute atomic E-state index is 15.5. The highest BCUT2D eigenvalue weighted by Crippen LogP contribution is 2.70. The molecule has 0 bridgehead atoms. The number of phosphoric acid groups is 1. The molecular weight excluding hydrogens is 1390 g/mol. The van der Waals surface area contributed by atoms with Crippen molar-refractivity contribution in [2.45, 2.75) is 145 Å². The highest BCUT2D eigenvalue weighted by molar-refractivity contribution is 7.76. The third-order valence-corrected chi connectivity index (χ3v) is 13.0. The maximum Gasteiger partial charge on any atom is 0.473 e. The van der Waals surface area contributed by atoms with Crippen LogP contribution in [-0.2, 0) is 36.1 Å². The minimum atomic E-state index is -10.0. The molecule has 0 aliphatic heterocycles. The molecule has 0 amide bonds. The zero-order valence-corrected chi connectivity index (χ0v) is 39.9. The van der Waals surface area contributed by atoms with Gasteiger partial charge in [-0.15, -0.1) is 0 Å². The van der Waals surface area contributed by atoms with Crippen molar-refractivity contribution in [3.63, 3.8) is 0 Å². The Hall–Kier alpha value is -2.69. The minimum Gasteiger partial charge on any atom is -0.302 e. The molecule has 10 nitrogen and oxygen atoms in total. The monoisotopic (exact) mass is 1400 g/mol. The fourth-order valence-corrected chi connectivity index (χ4v) is 7.35. The number of hydrogen-bond acceptors (Lipinski definition) is 5. The number of halogens is 42. The Kier molecular flexibility index (Phi) is 21.7. The van der Waals surface area contributed by atoms with Crippen molar-refractivity contribution in [3.05, 3.63) is 0 Å². The Morgan fingerprint density at radius 1 is 0.325 bits per heavy atom. The van der Waals surface area contributed by atoms with Gasteiger partial charge in [-0.05, 0) is 0 Å². The van der Waals surface area contributed by atoms with Crippen LogP contribution < -0.4 is 0 Å². The van der Waals surface area contributed by atoms with Crippen molar-refractivity contribution in [2.24, 2.45) is 0 Å². The van der Waals surface area contributed by atoms with E-state index in [9.17, 15) is 167 Å². The third-order valence-electron chi connectivity index (χ3n) is 10.3. The minimum absolute atomic E-state index is 0.0764. The molecule has 4 unspecified atom stereocenters. The Bertz CT molecular complexity index is 2220. The van der Waals surface area contributed by atoms with E-state index in [4.69, 9.17) is 9.11 Å². The SMILES string of the molecule is CCN(CC(OP(=O)(O)OC(CN(CC)S(=O)O)C(F)(F)C(F)(F)C(F)(F)C(F)(F)C(F)(F)C(F)(F)C(F)(F)C(F)(F)C(F)(F)C(F)(F)F)C(F)(F)C(F)(F)C(F)(F)C(F)(F)C(F)(F)C(F)(F)C(F)(F)C(F)(F)C(F)(F)C(F)(F)F)S(=O)O. The van der Waals surface area contributed by atoms with Gasteiger partial charge in [0.15, 0.2) is 12.2 Å². The Morgan fingerprint density at radius 2 is 0.470 bits per heavy atom. The van der Waals surface area contributed by atoms with E-state index < -0.39 is 196 Å². The van der Waals surface area contributed by atoms with Crippen LogP contribution in [0, 0.1) is 0 Å². The Labute approximate surface area is 431 Å². The Morgan fingerprint density at radius 3 is 0.602 bits per heavy atom. The first-order chi connectivity index (χ1) is 35.4. The van der Waals surface area contributed by atoms with E-state index in [-0.39, 0.29) is 13.8 Å². The smallest absolute Gasteiger partial charge is 0.302 e. The molecule has 0 fully saturated rings. The first-order valence-corrected chi connectivity index (χ1v) is 22.4. The molecular formula is C28H19F42N2O8PS2. The van der Waals surface area contributed by atoms with Crippen LogP contribution in [0.1, 0.15) is 13.8 Å². The number of nitrogens with zero attached hydrogens (tertiary/aromatic N) is 2. The molecule has 0 heterocycles. The van der Waals surface area contributed by atoms with E-state index in [0.717, 1.165) is 0 Å². The summed E-state index contributed by atoms with van der Waals surface area (Å²) in [5.74, 6) is -172. The van der Waals surface area contributed by atoms with Crippen molar-refractivity contribution >= 4 is 30.4 Å². The van der Waals surface area contributed by atoms with Gasteiger partial charge < -0.3 is 4.89 Å². The lowest BCUT2D eigenvalue weighted by Crippen LogP contribution is -2.77. The molecule has 0 radical (unpaired) electrons. The van der Waals surface area contributed by atoms with Crippen LogP contribution in [0.25, 0.3) is 0 Å². The summed E-state index contributed by atoms with van der Waals surface area (Å²) >= 11 is -9.07. The van der Waals surface area contributed by atoms with E-state index in [1.807, 2.05) is 0 Å². The van der Waals surface area contributed by atoms with Crippen LogP contribution in [0.3, 0.4) is 0 Å². The molecule has 0 rings (SSSR count). The molecule has 0 saturated heterocycles. The summed E-state index contributed by atoms with van der Waals surface area (Å²) in [5.41, 5.74) is 0. The molecule has 0 aliphatic rings. The van der Waals surface area contributed by atoms with Crippen LogP contribution in [0.2, 0.25) is 0 Å². The fraction of sp³-hybridized carbons (Fsp3) is 1.00. The average Bonchev–Trinajstić information content (AvgIpc) is 3.26. The van der Waals surface area contributed by atoms with E-state index in [2.05, 4.69) is 9.05 Å². The highest BCUT2D eigenvalue weighted by atomic mass is 32.2. The summed E-state index contributed by atoms with van der Waals surface area (Å²) in [6.07, 6.45) is -29.1. The number of hydrogen-bond donors (Lipinski definition) is 3. The van der Waals surface area contributed by atoms with Crippen LogP contribution in [0.5, 0.6) is 0 Å². The Balaban J connectivity index is 8.54. The average molecular weight is 1400 g/mol. The van der Waals surface area contributed by atoms with Gasteiger partial charge in [0.1, 0.15) is 0 Å². The molecule has 0 spiro atoms. The van der Waals surface area contributed by atoms with Crippen molar-refractivity contribution in [2.75, 3.05) is 26.2 Å². The highest BCUT2D eigenvalue weighted by Gasteiger charge is 3.00. The van der Waals surface area contributed by atoms with E-state index >= 15 is 35.1 Å². The van der Waals surface area contributed by atoms with Crippen molar-refractivity contribution in [1.29, 1.82) is 0 Å². The van der Waals surface area contributed by atoms with Gasteiger partial charge in [-0.2, -0.15) is 193 Å². The standard InChI is InChI=1S/C28H19F42N2O8PS2/c1-3-71(82(75)76)5-7(9(29,30)11(33,34)13(37,38)15(41,42)17(45,46)19(49,50)21(53,54)23(57,58)25(61,62)27(65,66)67)79-81(73,74)80-8(6-72(4-2)83(77)78)10(31,32)12(35,36)14(39,40)16(43,44)18(47,48)20(51,52)22(55,56)24(59,60)26(63,64)28(68,69)70/h7-8H,3-6H2,1-2H3,(H,73,74)(H,75,76)(H,77,78). The van der Waals surface area contributed by atoms with E-state index in [1.165, 1.54) is 0 Å². The van der Waals surface area contributed by atoms with E-state index in [0.29, 0.717) is 0 Å². The molecule has 83 heavy (non-hydrogen) atoms. The molecule has 0 aromatic carbocycles. The van der Waals surface area contributed by atoms with Gasteiger partial charge in [-0.1, -0.05) is 13.8 Å². The molecule has 500 valence electrons. The maximum atomic E-state index is 15.5.